The second kappa shape index (κ2) is 2.68. The van der Waals surface area contributed by atoms with E-state index in [1.807, 2.05) is 6.07 Å². The average molecular weight is 197 g/mol. The van der Waals surface area contributed by atoms with E-state index in [1.165, 1.54) is 5.56 Å². The number of hydrogen-bond donors (Lipinski definition) is 0. The molecule has 1 aromatic heterocycles. The molecule has 1 unspecified atom stereocenters. The Hall–Kier alpha value is -0.630. The molecule has 0 aliphatic heterocycles. The van der Waals surface area contributed by atoms with E-state index in [1.54, 1.807) is 0 Å². The summed E-state index contributed by atoms with van der Waals surface area (Å²) < 4.78 is 0. The monoisotopic (exact) mass is 196 g/mol. The number of aromatic nitrogens is 2. The van der Waals surface area contributed by atoms with Crippen LogP contribution in [-0.4, -0.2) is 10.2 Å². The van der Waals surface area contributed by atoms with Gasteiger partial charge in [0, 0.05) is 5.92 Å². The Kier molecular flexibility index (Phi) is 1.84. The first-order valence-corrected chi connectivity index (χ1v) is 4.92. The Morgan fingerprint density at radius 2 is 2.15 bits per heavy atom. The molecular weight excluding hydrogens is 184 g/mol. The molecule has 0 amide bonds. The van der Waals surface area contributed by atoms with Crippen LogP contribution in [0.3, 0.4) is 0 Å². The van der Waals surface area contributed by atoms with Crippen molar-refractivity contribution in [1.29, 1.82) is 0 Å². The maximum atomic E-state index is 5.82. The third-order valence-corrected chi connectivity index (χ3v) is 2.99. The Morgan fingerprint density at radius 3 is 2.85 bits per heavy atom. The molecule has 0 spiro atoms. The van der Waals surface area contributed by atoms with E-state index in [0.717, 1.165) is 12.1 Å². The predicted octanol–water partition coefficient (Wildman–Crippen LogP) is 2.91. The highest BCUT2D eigenvalue weighted by atomic mass is 35.5. The fourth-order valence-electron chi connectivity index (χ4n) is 2.26. The third kappa shape index (κ3) is 1.33. The minimum Gasteiger partial charge on any atom is -0.154 e. The molecule has 1 aliphatic carbocycles. The van der Waals surface area contributed by atoms with Gasteiger partial charge in [-0.05, 0) is 23.5 Å². The first-order valence-electron chi connectivity index (χ1n) is 4.54. The third-order valence-electron chi connectivity index (χ3n) is 2.81. The lowest BCUT2D eigenvalue weighted by Crippen LogP contribution is -2.12. The second-order valence-corrected chi connectivity index (χ2v) is 4.84. The molecule has 2 rings (SSSR count). The fraction of sp³-hybridized carbons (Fsp3) is 0.600. The average Bonchev–Trinajstić information content (AvgIpc) is 2.23. The summed E-state index contributed by atoms with van der Waals surface area (Å²) in [6.07, 6.45) is 1.14. The van der Waals surface area contributed by atoms with Gasteiger partial charge in [-0.2, -0.15) is 5.10 Å². The molecule has 2 nitrogen and oxygen atoms in total. The zero-order valence-electron chi connectivity index (χ0n) is 8.13. The van der Waals surface area contributed by atoms with Crippen molar-refractivity contribution in [3.63, 3.8) is 0 Å². The Labute approximate surface area is 83.3 Å². The van der Waals surface area contributed by atoms with Gasteiger partial charge in [-0.25, -0.2) is 0 Å². The summed E-state index contributed by atoms with van der Waals surface area (Å²) in [6, 6.07) is 1.95. The van der Waals surface area contributed by atoms with E-state index in [2.05, 4.69) is 31.0 Å². The molecule has 70 valence electrons. The Balaban J connectivity index is 2.60. The topological polar surface area (TPSA) is 25.8 Å². The van der Waals surface area contributed by atoms with Crippen LogP contribution in [0.25, 0.3) is 0 Å². The lowest BCUT2D eigenvalue weighted by Gasteiger charge is -2.18. The van der Waals surface area contributed by atoms with E-state index in [0.29, 0.717) is 11.1 Å². The van der Waals surface area contributed by atoms with E-state index in [9.17, 15) is 0 Å². The van der Waals surface area contributed by atoms with Crippen LogP contribution in [0.5, 0.6) is 0 Å². The zero-order valence-corrected chi connectivity index (χ0v) is 8.89. The van der Waals surface area contributed by atoms with Crippen LogP contribution in [-0.2, 0) is 5.41 Å². The molecule has 1 aromatic rings. The van der Waals surface area contributed by atoms with Crippen molar-refractivity contribution < 1.29 is 0 Å². The largest absolute Gasteiger partial charge is 0.154 e. The molecule has 1 heterocycles. The van der Waals surface area contributed by atoms with Gasteiger partial charge in [0.15, 0.2) is 5.15 Å². The maximum Gasteiger partial charge on any atom is 0.152 e. The quantitative estimate of drug-likeness (QED) is 0.638. The summed E-state index contributed by atoms with van der Waals surface area (Å²) >= 11 is 5.82. The highest BCUT2D eigenvalue weighted by Gasteiger charge is 2.36. The number of nitrogens with zero attached hydrogens (tertiary/aromatic N) is 2. The summed E-state index contributed by atoms with van der Waals surface area (Å²) in [5.74, 6) is 0.509. The van der Waals surface area contributed by atoms with Crippen molar-refractivity contribution in [2.75, 3.05) is 0 Å². The molecular formula is C10H13ClN2. The van der Waals surface area contributed by atoms with Crippen molar-refractivity contribution in [2.24, 2.45) is 0 Å². The molecule has 0 aromatic carbocycles. The number of fused-ring (bicyclic) bond motifs is 1. The smallest absolute Gasteiger partial charge is 0.152 e. The molecule has 13 heavy (non-hydrogen) atoms. The summed E-state index contributed by atoms with van der Waals surface area (Å²) in [5.41, 5.74) is 2.59. The highest BCUT2D eigenvalue weighted by molar-refractivity contribution is 6.29. The van der Waals surface area contributed by atoms with Gasteiger partial charge in [0.05, 0.1) is 5.69 Å². The highest BCUT2D eigenvalue weighted by Crippen LogP contribution is 2.44. The Bertz CT molecular complexity index is 347. The normalized spacial score (nSPS) is 24.5. The predicted molar refractivity (Wildman–Crippen MR) is 53.1 cm³/mol. The van der Waals surface area contributed by atoms with Crippen LogP contribution >= 0.6 is 11.6 Å². The van der Waals surface area contributed by atoms with Gasteiger partial charge < -0.3 is 0 Å². The summed E-state index contributed by atoms with van der Waals surface area (Å²) in [6.45, 7) is 6.65. The first-order chi connectivity index (χ1) is 6.00. The van der Waals surface area contributed by atoms with Crippen molar-refractivity contribution >= 4 is 11.6 Å². The van der Waals surface area contributed by atoms with Gasteiger partial charge >= 0.3 is 0 Å². The molecule has 1 aliphatic rings. The fourth-order valence-corrected chi connectivity index (χ4v) is 2.40. The lowest BCUT2D eigenvalue weighted by atomic mass is 9.87. The van der Waals surface area contributed by atoms with Crippen LogP contribution in [0.1, 0.15) is 44.4 Å². The van der Waals surface area contributed by atoms with Crippen molar-refractivity contribution in [3.05, 3.63) is 22.5 Å². The molecule has 0 bridgehead atoms. The molecule has 1 atom stereocenters. The minimum atomic E-state index is 0.203. The summed E-state index contributed by atoms with van der Waals surface area (Å²) in [5, 5.41) is 8.54. The van der Waals surface area contributed by atoms with Gasteiger partial charge in [0.2, 0.25) is 0 Å². The van der Waals surface area contributed by atoms with Gasteiger partial charge in [-0.3, -0.25) is 0 Å². The zero-order chi connectivity index (χ0) is 9.64. The first kappa shape index (κ1) is 8.95. The standard InChI is InChI=1S/C10H13ClN2/c1-6-5-10(2,3)7-4-8(11)12-13-9(6)7/h4,6H,5H2,1-3H3. The summed E-state index contributed by atoms with van der Waals surface area (Å²) in [7, 11) is 0. The van der Waals surface area contributed by atoms with Crippen LogP contribution in [0.4, 0.5) is 0 Å². The maximum absolute atomic E-state index is 5.82. The number of halogens is 1. The molecule has 3 heteroatoms. The van der Waals surface area contributed by atoms with Crippen LogP contribution in [0, 0.1) is 0 Å². The lowest BCUT2D eigenvalue weighted by molar-refractivity contribution is 0.488. The van der Waals surface area contributed by atoms with Gasteiger partial charge in [0.25, 0.3) is 0 Å². The van der Waals surface area contributed by atoms with Crippen LogP contribution in [0.2, 0.25) is 5.15 Å². The number of rotatable bonds is 0. The van der Waals surface area contributed by atoms with Crippen molar-refractivity contribution in [1.82, 2.24) is 10.2 Å². The summed E-state index contributed by atoms with van der Waals surface area (Å²) in [4.78, 5) is 0. The molecule has 0 N–H and O–H groups in total. The van der Waals surface area contributed by atoms with Crippen LogP contribution in [0.15, 0.2) is 6.07 Å². The Morgan fingerprint density at radius 1 is 1.46 bits per heavy atom. The van der Waals surface area contributed by atoms with E-state index in [-0.39, 0.29) is 5.41 Å². The van der Waals surface area contributed by atoms with Crippen molar-refractivity contribution in [3.8, 4) is 0 Å². The van der Waals surface area contributed by atoms with Gasteiger partial charge in [0.1, 0.15) is 0 Å². The molecule has 0 saturated carbocycles. The van der Waals surface area contributed by atoms with E-state index >= 15 is 0 Å². The molecule has 0 saturated heterocycles. The van der Waals surface area contributed by atoms with Crippen LogP contribution < -0.4 is 0 Å². The SMILES string of the molecule is CC1CC(C)(C)c2cc(Cl)nnc21. The van der Waals surface area contributed by atoms with Crippen molar-refractivity contribution in [2.45, 2.75) is 38.5 Å². The van der Waals surface area contributed by atoms with Gasteiger partial charge in [-0.1, -0.05) is 32.4 Å². The minimum absolute atomic E-state index is 0.203. The second-order valence-electron chi connectivity index (χ2n) is 4.46. The molecule has 0 fully saturated rings. The number of hydrogen-bond acceptors (Lipinski definition) is 2. The van der Waals surface area contributed by atoms with Gasteiger partial charge in [-0.15, -0.1) is 5.10 Å². The van der Waals surface area contributed by atoms with E-state index < -0.39 is 0 Å². The molecule has 0 radical (unpaired) electrons. The van der Waals surface area contributed by atoms with E-state index in [4.69, 9.17) is 11.6 Å².